The highest BCUT2D eigenvalue weighted by Gasteiger charge is 2.20. The zero-order valence-electron chi connectivity index (χ0n) is 10.1. The second-order valence-corrected chi connectivity index (χ2v) is 5.06. The third-order valence-corrected chi connectivity index (χ3v) is 3.28. The second-order valence-electron chi connectivity index (χ2n) is 3.86. The number of nitrogens with zero attached hydrogens (tertiary/aromatic N) is 2. The van der Waals surface area contributed by atoms with Crippen LogP contribution in [0.25, 0.3) is 0 Å². The average molecular weight is 266 g/mol. The van der Waals surface area contributed by atoms with E-state index < -0.39 is 12.2 Å². The molecule has 0 radical (unpaired) electrons. The number of carbonyl (C=O) groups excluding carboxylic acids is 1. The first-order chi connectivity index (χ1) is 8.45. The van der Waals surface area contributed by atoms with Crippen molar-refractivity contribution in [1.29, 1.82) is 5.26 Å². The fraction of sp³-hybridized carbons (Fsp3) is 0.417. The molecule has 2 atom stereocenters. The van der Waals surface area contributed by atoms with Crippen LogP contribution in [0.2, 0.25) is 0 Å². The van der Waals surface area contributed by atoms with Crippen LogP contribution in [-0.4, -0.2) is 32.2 Å². The average Bonchev–Trinajstić information content (AvgIpc) is 2.34. The minimum Gasteiger partial charge on any atom is -0.389 e. The molecule has 2 unspecified atom stereocenters. The largest absolute Gasteiger partial charge is 0.389 e. The molecule has 0 aromatic carbocycles. The summed E-state index contributed by atoms with van der Waals surface area (Å²) in [4.78, 5) is 14.7. The maximum atomic E-state index is 10.8. The Labute approximate surface area is 109 Å². The number of hydrogen-bond donors (Lipinski definition) is 2. The lowest BCUT2D eigenvalue weighted by Gasteiger charge is -2.17. The van der Waals surface area contributed by atoms with E-state index in [1.807, 2.05) is 6.07 Å². The van der Waals surface area contributed by atoms with E-state index in [-0.39, 0.29) is 10.9 Å². The van der Waals surface area contributed by atoms with Gasteiger partial charge >= 0.3 is 0 Å². The summed E-state index contributed by atoms with van der Waals surface area (Å²) >= 11 is 0.953. The summed E-state index contributed by atoms with van der Waals surface area (Å²) in [5.74, 6) is 0.121. The van der Waals surface area contributed by atoms with Crippen molar-refractivity contribution in [3.8, 4) is 6.07 Å². The van der Waals surface area contributed by atoms with Crippen molar-refractivity contribution in [3.63, 3.8) is 0 Å². The lowest BCUT2D eigenvalue weighted by molar-refractivity contribution is -0.109. The van der Waals surface area contributed by atoms with E-state index in [0.29, 0.717) is 16.8 Å². The van der Waals surface area contributed by atoms with E-state index in [9.17, 15) is 15.0 Å². The van der Waals surface area contributed by atoms with Crippen LogP contribution in [0.4, 0.5) is 0 Å². The maximum Gasteiger partial charge on any atom is 0.185 e. The van der Waals surface area contributed by atoms with Gasteiger partial charge in [-0.05, 0) is 18.6 Å². The summed E-state index contributed by atoms with van der Waals surface area (Å²) in [6.07, 6.45) is -0.804. The van der Waals surface area contributed by atoms with E-state index in [1.165, 1.54) is 13.1 Å². The maximum absolute atomic E-state index is 10.8. The Bertz CT molecular complexity index is 485. The molecular formula is C12H14N2O3S. The zero-order chi connectivity index (χ0) is 13.7. The lowest BCUT2D eigenvalue weighted by Crippen LogP contribution is -2.21. The van der Waals surface area contributed by atoms with Crippen molar-refractivity contribution in [2.45, 2.75) is 26.1 Å². The Morgan fingerprint density at radius 1 is 1.61 bits per heavy atom. The Hall–Kier alpha value is -1.42. The van der Waals surface area contributed by atoms with E-state index in [2.05, 4.69) is 4.98 Å². The highest BCUT2D eigenvalue weighted by molar-refractivity contribution is 8.13. The first-order valence-electron chi connectivity index (χ1n) is 5.32. The molecule has 0 saturated heterocycles. The molecule has 0 spiro atoms. The van der Waals surface area contributed by atoms with Gasteiger partial charge in [0, 0.05) is 24.4 Å². The molecule has 96 valence electrons. The highest BCUT2D eigenvalue weighted by Crippen LogP contribution is 2.21. The van der Waals surface area contributed by atoms with Gasteiger partial charge < -0.3 is 10.2 Å². The van der Waals surface area contributed by atoms with Gasteiger partial charge in [0.15, 0.2) is 5.12 Å². The van der Waals surface area contributed by atoms with Crippen molar-refractivity contribution < 1.29 is 15.0 Å². The number of rotatable bonds is 4. The predicted octanol–water partition coefficient (Wildman–Crippen LogP) is 0.936. The van der Waals surface area contributed by atoms with Crippen LogP contribution < -0.4 is 0 Å². The summed E-state index contributed by atoms with van der Waals surface area (Å²) < 4.78 is 0. The molecule has 0 fully saturated rings. The van der Waals surface area contributed by atoms with Crippen LogP contribution >= 0.6 is 11.8 Å². The summed E-state index contributed by atoms with van der Waals surface area (Å²) in [7, 11) is 0. The van der Waals surface area contributed by atoms with Crippen LogP contribution in [-0.2, 0) is 4.79 Å². The molecule has 1 heterocycles. The first-order valence-corrected chi connectivity index (χ1v) is 6.30. The number of aryl methyl sites for hydroxylation is 1. The number of pyridine rings is 1. The standard InChI is InChI=1S/C12H14N2O3S/c1-7-3-9(5-14-10(7)4-13)12(17)11(16)6-18-8(2)15/h3,5,11-12,16-17H,6H2,1-2H3. The molecule has 0 aliphatic rings. The topological polar surface area (TPSA) is 94.2 Å². The van der Waals surface area contributed by atoms with Gasteiger partial charge in [0.25, 0.3) is 0 Å². The molecule has 2 N–H and O–H groups in total. The number of aromatic nitrogens is 1. The quantitative estimate of drug-likeness (QED) is 0.842. The Morgan fingerprint density at radius 2 is 2.28 bits per heavy atom. The van der Waals surface area contributed by atoms with Crippen LogP contribution in [0, 0.1) is 18.3 Å². The van der Waals surface area contributed by atoms with E-state index >= 15 is 0 Å². The summed E-state index contributed by atoms with van der Waals surface area (Å²) in [6, 6.07) is 3.54. The number of hydrogen-bond acceptors (Lipinski definition) is 6. The minimum atomic E-state index is -1.12. The molecule has 5 nitrogen and oxygen atoms in total. The Kier molecular flexibility index (Phi) is 5.28. The van der Waals surface area contributed by atoms with Gasteiger partial charge in [-0.15, -0.1) is 0 Å². The van der Waals surface area contributed by atoms with Crippen LogP contribution in [0.15, 0.2) is 12.3 Å². The van der Waals surface area contributed by atoms with Gasteiger partial charge in [0.2, 0.25) is 0 Å². The normalized spacial score (nSPS) is 13.7. The summed E-state index contributed by atoms with van der Waals surface area (Å²) in [5.41, 5.74) is 1.36. The molecule has 1 rings (SSSR count). The van der Waals surface area contributed by atoms with Crippen molar-refractivity contribution >= 4 is 16.9 Å². The molecular weight excluding hydrogens is 252 g/mol. The van der Waals surface area contributed by atoms with Gasteiger partial charge in [-0.1, -0.05) is 11.8 Å². The van der Waals surface area contributed by atoms with Crippen LogP contribution in [0.3, 0.4) is 0 Å². The van der Waals surface area contributed by atoms with Crippen LogP contribution in [0.5, 0.6) is 0 Å². The smallest absolute Gasteiger partial charge is 0.185 e. The Morgan fingerprint density at radius 3 is 2.78 bits per heavy atom. The minimum absolute atomic E-state index is 0.115. The number of aliphatic hydroxyl groups is 2. The fourth-order valence-electron chi connectivity index (χ4n) is 1.39. The second kappa shape index (κ2) is 6.50. The van der Waals surface area contributed by atoms with Crippen molar-refractivity contribution in [2.24, 2.45) is 0 Å². The van der Waals surface area contributed by atoms with Crippen molar-refractivity contribution in [3.05, 3.63) is 29.1 Å². The molecule has 18 heavy (non-hydrogen) atoms. The number of carbonyl (C=O) groups is 1. The van der Waals surface area contributed by atoms with Gasteiger partial charge in [0.05, 0.1) is 6.10 Å². The fourth-order valence-corrected chi connectivity index (χ4v) is 1.98. The third kappa shape index (κ3) is 3.81. The molecule has 0 bridgehead atoms. The molecule has 0 aliphatic heterocycles. The monoisotopic (exact) mass is 266 g/mol. The van der Waals surface area contributed by atoms with E-state index in [0.717, 1.165) is 11.8 Å². The lowest BCUT2D eigenvalue weighted by atomic mass is 10.0. The summed E-state index contributed by atoms with van der Waals surface area (Å²) in [5, 5.41) is 28.2. The highest BCUT2D eigenvalue weighted by atomic mass is 32.2. The molecule has 0 aliphatic carbocycles. The van der Waals surface area contributed by atoms with E-state index in [4.69, 9.17) is 5.26 Å². The van der Waals surface area contributed by atoms with E-state index in [1.54, 1.807) is 13.0 Å². The number of nitriles is 1. The zero-order valence-corrected chi connectivity index (χ0v) is 10.9. The third-order valence-electron chi connectivity index (χ3n) is 2.37. The first kappa shape index (κ1) is 14.6. The van der Waals surface area contributed by atoms with Gasteiger partial charge in [0.1, 0.15) is 17.9 Å². The Balaban J connectivity index is 2.78. The molecule has 0 saturated carbocycles. The van der Waals surface area contributed by atoms with Crippen molar-refractivity contribution in [1.82, 2.24) is 4.98 Å². The molecule has 1 aromatic heterocycles. The predicted molar refractivity (Wildman–Crippen MR) is 67.8 cm³/mol. The number of aliphatic hydroxyl groups excluding tert-OH is 2. The van der Waals surface area contributed by atoms with Gasteiger partial charge in [-0.25, -0.2) is 4.98 Å². The number of thioether (sulfide) groups is 1. The molecule has 0 amide bonds. The van der Waals surface area contributed by atoms with Crippen molar-refractivity contribution in [2.75, 3.05) is 5.75 Å². The van der Waals surface area contributed by atoms with Gasteiger partial charge in [-0.2, -0.15) is 5.26 Å². The SMILES string of the molecule is CC(=O)SCC(O)C(O)c1cnc(C#N)c(C)c1. The molecule has 6 heteroatoms. The molecule has 1 aromatic rings. The van der Waals surface area contributed by atoms with Crippen LogP contribution in [0.1, 0.15) is 29.8 Å². The summed E-state index contributed by atoms with van der Waals surface area (Å²) in [6.45, 7) is 3.11. The van der Waals surface area contributed by atoms with Gasteiger partial charge in [-0.3, -0.25) is 4.79 Å².